The van der Waals surface area contributed by atoms with Crippen molar-refractivity contribution in [3.05, 3.63) is 62.3 Å². The zero-order valence-electron chi connectivity index (χ0n) is 12.9. The van der Waals surface area contributed by atoms with Gasteiger partial charge in [0.25, 0.3) is 5.56 Å². The molecule has 7 heteroatoms. The fourth-order valence-corrected chi connectivity index (χ4v) is 2.51. The molecule has 1 unspecified atom stereocenters. The van der Waals surface area contributed by atoms with Crippen molar-refractivity contribution in [2.45, 2.75) is 26.4 Å². The molecule has 23 heavy (non-hydrogen) atoms. The third-order valence-corrected chi connectivity index (χ3v) is 3.78. The van der Waals surface area contributed by atoms with E-state index in [1.54, 1.807) is 38.1 Å². The van der Waals surface area contributed by atoms with Crippen molar-refractivity contribution in [1.29, 1.82) is 0 Å². The number of aliphatic hydroxyl groups excluding tert-OH is 1. The Morgan fingerprint density at radius 1 is 1.39 bits per heavy atom. The molecule has 1 atom stereocenters. The van der Waals surface area contributed by atoms with Crippen molar-refractivity contribution >= 4 is 17.5 Å². The first-order chi connectivity index (χ1) is 10.9. The number of aryl methyl sites for hydroxylation is 2. The highest BCUT2D eigenvalue weighted by molar-refractivity contribution is 6.31. The van der Waals surface area contributed by atoms with Crippen molar-refractivity contribution in [2.75, 3.05) is 6.54 Å². The van der Waals surface area contributed by atoms with Gasteiger partial charge in [0, 0.05) is 28.4 Å². The van der Waals surface area contributed by atoms with Gasteiger partial charge in [-0.3, -0.25) is 9.59 Å². The third-order valence-electron chi connectivity index (χ3n) is 3.43. The molecule has 122 valence electrons. The normalized spacial score (nSPS) is 12.0. The number of aromatic nitrogens is 2. The number of carbonyl (C=O) groups is 1. The van der Waals surface area contributed by atoms with Crippen LogP contribution in [0.5, 0.6) is 0 Å². The highest BCUT2D eigenvalue weighted by Crippen LogP contribution is 2.21. The van der Waals surface area contributed by atoms with Crippen LogP contribution in [-0.2, 0) is 11.2 Å². The van der Waals surface area contributed by atoms with Crippen molar-refractivity contribution in [3.63, 3.8) is 0 Å². The minimum Gasteiger partial charge on any atom is -0.387 e. The summed E-state index contributed by atoms with van der Waals surface area (Å²) in [5.41, 5.74) is 1.06. The zero-order chi connectivity index (χ0) is 17.0. The molecule has 0 spiro atoms. The van der Waals surface area contributed by atoms with Crippen LogP contribution in [0.4, 0.5) is 0 Å². The molecule has 0 saturated heterocycles. The molecule has 1 amide bonds. The first kappa shape index (κ1) is 17.2. The Morgan fingerprint density at radius 3 is 2.74 bits per heavy atom. The summed E-state index contributed by atoms with van der Waals surface area (Å²) >= 11 is 5.99. The third kappa shape index (κ3) is 4.40. The van der Waals surface area contributed by atoms with E-state index in [4.69, 9.17) is 11.6 Å². The molecule has 0 radical (unpaired) electrons. The number of aliphatic hydroxyl groups is 1. The molecule has 0 aliphatic heterocycles. The number of benzene rings is 1. The van der Waals surface area contributed by atoms with Gasteiger partial charge in [-0.25, -0.2) is 4.98 Å². The van der Waals surface area contributed by atoms with E-state index in [0.29, 0.717) is 27.7 Å². The summed E-state index contributed by atoms with van der Waals surface area (Å²) in [6.45, 7) is 3.38. The summed E-state index contributed by atoms with van der Waals surface area (Å²) in [5.74, 6) is 0.140. The minimum atomic E-state index is -0.914. The van der Waals surface area contributed by atoms with Crippen molar-refractivity contribution in [3.8, 4) is 0 Å². The van der Waals surface area contributed by atoms with Crippen molar-refractivity contribution in [1.82, 2.24) is 15.3 Å². The Morgan fingerprint density at radius 2 is 2.09 bits per heavy atom. The number of nitrogens with one attached hydrogen (secondary N) is 2. The van der Waals surface area contributed by atoms with Gasteiger partial charge < -0.3 is 15.4 Å². The lowest BCUT2D eigenvalue weighted by Crippen LogP contribution is -2.32. The van der Waals surface area contributed by atoms with Gasteiger partial charge in [0.15, 0.2) is 0 Å². The summed E-state index contributed by atoms with van der Waals surface area (Å²) in [6.07, 6.45) is -1.01. The summed E-state index contributed by atoms with van der Waals surface area (Å²) in [7, 11) is 0. The topological polar surface area (TPSA) is 95.1 Å². The first-order valence-corrected chi connectivity index (χ1v) is 7.52. The Labute approximate surface area is 138 Å². The molecule has 2 rings (SSSR count). The van der Waals surface area contributed by atoms with Crippen LogP contribution in [0, 0.1) is 13.8 Å². The van der Waals surface area contributed by atoms with Gasteiger partial charge in [-0.15, -0.1) is 0 Å². The van der Waals surface area contributed by atoms with Gasteiger partial charge in [-0.2, -0.15) is 0 Å². The Hall–Kier alpha value is -2.18. The maximum atomic E-state index is 12.0. The van der Waals surface area contributed by atoms with Crippen LogP contribution in [0.3, 0.4) is 0 Å². The molecule has 0 saturated carbocycles. The summed E-state index contributed by atoms with van der Waals surface area (Å²) in [4.78, 5) is 30.6. The van der Waals surface area contributed by atoms with Crippen LogP contribution >= 0.6 is 11.6 Å². The van der Waals surface area contributed by atoms with E-state index in [2.05, 4.69) is 15.3 Å². The second-order valence-corrected chi connectivity index (χ2v) is 5.64. The fraction of sp³-hybridized carbons (Fsp3) is 0.312. The molecule has 0 bridgehead atoms. The molecular formula is C16H18ClN3O3. The van der Waals surface area contributed by atoms with Crippen LogP contribution in [-0.4, -0.2) is 27.5 Å². The fourth-order valence-electron chi connectivity index (χ4n) is 2.25. The minimum absolute atomic E-state index is 0.0127. The number of hydrogen-bond acceptors (Lipinski definition) is 4. The van der Waals surface area contributed by atoms with Gasteiger partial charge in [-0.1, -0.05) is 29.8 Å². The number of amides is 1. The van der Waals surface area contributed by atoms with E-state index >= 15 is 0 Å². The maximum absolute atomic E-state index is 12.0. The van der Waals surface area contributed by atoms with Crippen LogP contribution in [0.2, 0.25) is 5.02 Å². The number of aromatic amines is 1. The molecule has 0 aliphatic rings. The smallest absolute Gasteiger partial charge is 0.254 e. The molecule has 2 aromatic rings. The van der Waals surface area contributed by atoms with Gasteiger partial charge in [-0.05, 0) is 19.9 Å². The van der Waals surface area contributed by atoms with Gasteiger partial charge >= 0.3 is 0 Å². The summed E-state index contributed by atoms with van der Waals surface area (Å²) in [5, 5.41) is 13.1. The lowest BCUT2D eigenvalue weighted by Gasteiger charge is -2.14. The zero-order valence-corrected chi connectivity index (χ0v) is 13.6. The van der Waals surface area contributed by atoms with Crippen molar-refractivity contribution in [2.24, 2.45) is 0 Å². The highest BCUT2D eigenvalue weighted by Gasteiger charge is 2.15. The molecule has 1 heterocycles. The average Bonchev–Trinajstić information content (AvgIpc) is 2.49. The van der Waals surface area contributed by atoms with Crippen LogP contribution < -0.4 is 10.9 Å². The number of H-pyrrole nitrogens is 1. The molecule has 3 N–H and O–H groups in total. The monoisotopic (exact) mass is 335 g/mol. The number of hydrogen-bond donors (Lipinski definition) is 3. The maximum Gasteiger partial charge on any atom is 0.254 e. The second kappa shape index (κ2) is 7.39. The average molecular weight is 336 g/mol. The van der Waals surface area contributed by atoms with E-state index in [1.165, 1.54) is 0 Å². The Bertz CT molecular complexity index is 773. The van der Waals surface area contributed by atoms with Gasteiger partial charge in [0.2, 0.25) is 5.91 Å². The van der Waals surface area contributed by atoms with E-state index in [0.717, 1.165) is 0 Å². The molecule has 1 aromatic carbocycles. The van der Waals surface area contributed by atoms with Gasteiger partial charge in [0.1, 0.15) is 5.82 Å². The Kier molecular flexibility index (Phi) is 5.52. The van der Waals surface area contributed by atoms with Gasteiger partial charge in [0.05, 0.1) is 12.5 Å². The molecule has 0 aliphatic carbocycles. The quantitative estimate of drug-likeness (QED) is 0.770. The van der Waals surface area contributed by atoms with Crippen molar-refractivity contribution < 1.29 is 9.90 Å². The van der Waals surface area contributed by atoms with Crippen LogP contribution in [0.25, 0.3) is 0 Å². The van der Waals surface area contributed by atoms with Crippen LogP contribution in [0.15, 0.2) is 29.1 Å². The number of halogens is 1. The van der Waals surface area contributed by atoms with Crippen LogP contribution in [0.1, 0.15) is 28.7 Å². The lowest BCUT2D eigenvalue weighted by atomic mass is 10.1. The number of carbonyl (C=O) groups excluding carboxylic acids is 1. The SMILES string of the molecule is Cc1nc(C)c(CC(=O)NCC(O)c2ccccc2Cl)c(=O)[nH]1. The highest BCUT2D eigenvalue weighted by atomic mass is 35.5. The molecule has 1 aromatic heterocycles. The molecule has 6 nitrogen and oxygen atoms in total. The Balaban J connectivity index is 1.99. The number of nitrogens with zero attached hydrogens (tertiary/aromatic N) is 1. The summed E-state index contributed by atoms with van der Waals surface area (Å²) < 4.78 is 0. The van der Waals surface area contributed by atoms with E-state index < -0.39 is 6.10 Å². The van der Waals surface area contributed by atoms with E-state index in [-0.39, 0.29) is 24.4 Å². The largest absolute Gasteiger partial charge is 0.387 e. The number of rotatable bonds is 5. The predicted octanol–water partition coefficient (Wildman–Crippen LogP) is 1.43. The lowest BCUT2D eigenvalue weighted by molar-refractivity contribution is -0.120. The van der Waals surface area contributed by atoms with E-state index in [9.17, 15) is 14.7 Å². The first-order valence-electron chi connectivity index (χ1n) is 7.14. The second-order valence-electron chi connectivity index (χ2n) is 5.23. The predicted molar refractivity (Wildman–Crippen MR) is 87.5 cm³/mol. The standard InChI is InChI=1S/C16H18ClN3O3/c1-9-12(16(23)20-10(2)19-9)7-15(22)18-8-14(21)11-5-3-4-6-13(11)17/h3-6,14,21H,7-8H2,1-2H3,(H,18,22)(H,19,20,23). The molecular weight excluding hydrogens is 318 g/mol. The summed E-state index contributed by atoms with van der Waals surface area (Å²) in [6, 6.07) is 6.88. The van der Waals surface area contributed by atoms with E-state index in [1.807, 2.05) is 0 Å². The molecule has 0 fully saturated rings.